The van der Waals surface area contributed by atoms with Crippen molar-refractivity contribution in [2.75, 3.05) is 0 Å². The number of halogens is 1. The van der Waals surface area contributed by atoms with Gasteiger partial charge in [-0.3, -0.25) is 4.79 Å². The molecule has 1 aromatic heterocycles. The van der Waals surface area contributed by atoms with Crippen LogP contribution in [0.25, 0.3) is 0 Å². The van der Waals surface area contributed by atoms with Crippen molar-refractivity contribution in [1.29, 1.82) is 0 Å². The van der Waals surface area contributed by atoms with E-state index in [9.17, 15) is 4.79 Å². The van der Waals surface area contributed by atoms with E-state index in [0.29, 0.717) is 5.92 Å². The zero-order valence-corrected chi connectivity index (χ0v) is 12.3. The van der Waals surface area contributed by atoms with Gasteiger partial charge in [0.1, 0.15) is 0 Å². The molecule has 2 aromatic rings. The molecule has 3 heteroatoms. The molecule has 1 aromatic carbocycles. The number of benzene rings is 1. The van der Waals surface area contributed by atoms with Gasteiger partial charge in [-0.15, -0.1) is 11.3 Å². The van der Waals surface area contributed by atoms with Crippen molar-refractivity contribution in [2.45, 2.75) is 25.2 Å². The van der Waals surface area contributed by atoms with Gasteiger partial charge in [-0.05, 0) is 58.5 Å². The smallest absolute Gasteiger partial charge is 0.202 e. The number of carbonyl (C=O) groups excluding carboxylic acids is 1. The molecule has 18 heavy (non-hydrogen) atoms. The first kappa shape index (κ1) is 12.1. The number of rotatable bonds is 3. The molecule has 1 heterocycles. The molecule has 0 N–H and O–H groups in total. The van der Waals surface area contributed by atoms with Gasteiger partial charge in [-0.25, -0.2) is 0 Å². The lowest BCUT2D eigenvalue weighted by Gasteiger charge is -2.26. The Morgan fingerprint density at radius 2 is 2.06 bits per heavy atom. The summed E-state index contributed by atoms with van der Waals surface area (Å²) in [5, 5.41) is 0. The second-order valence-electron chi connectivity index (χ2n) is 4.69. The van der Waals surface area contributed by atoms with Crippen LogP contribution in [0.1, 0.15) is 46.0 Å². The zero-order valence-electron chi connectivity index (χ0n) is 9.86. The van der Waals surface area contributed by atoms with Crippen LogP contribution in [0.5, 0.6) is 0 Å². The van der Waals surface area contributed by atoms with E-state index in [-0.39, 0.29) is 5.78 Å². The van der Waals surface area contributed by atoms with Crippen LogP contribution in [0.4, 0.5) is 0 Å². The van der Waals surface area contributed by atoms with Crippen molar-refractivity contribution in [3.8, 4) is 0 Å². The van der Waals surface area contributed by atoms with E-state index in [1.165, 1.54) is 36.2 Å². The van der Waals surface area contributed by atoms with Crippen molar-refractivity contribution in [3.63, 3.8) is 0 Å². The van der Waals surface area contributed by atoms with E-state index in [1.807, 2.05) is 24.3 Å². The molecule has 0 saturated heterocycles. The maximum atomic E-state index is 12.3. The van der Waals surface area contributed by atoms with Gasteiger partial charge in [0.05, 0.1) is 8.66 Å². The van der Waals surface area contributed by atoms with Crippen molar-refractivity contribution >= 4 is 33.0 Å². The summed E-state index contributed by atoms with van der Waals surface area (Å²) in [5.41, 5.74) is 2.14. The van der Waals surface area contributed by atoms with Crippen molar-refractivity contribution in [2.24, 2.45) is 0 Å². The maximum Gasteiger partial charge on any atom is 0.202 e. The second kappa shape index (κ2) is 4.98. The second-order valence-corrected chi connectivity index (χ2v) is 7.15. The monoisotopic (exact) mass is 320 g/mol. The molecule has 1 fully saturated rings. The van der Waals surface area contributed by atoms with Gasteiger partial charge in [0.2, 0.25) is 5.78 Å². The summed E-state index contributed by atoms with van der Waals surface area (Å²) < 4.78 is 1.00. The lowest BCUT2D eigenvalue weighted by molar-refractivity contribution is 0.104. The molecular weight excluding hydrogens is 308 g/mol. The molecule has 1 nitrogen and oxygen atoms in total. The molecule has 0 aliphatic heterocycles. The Kier molecular flexibility index (Phi) is 3.35. The van der Waals surface area contributed by atoms with Crippen molar-refractivity contribution in [3.05, 3.63) is 56.2 Å². The Balaban J connectivity index is 1.89. The standard InChI is InChI=1S/C15H13BrOS/c16-14-8-7-13(18-14)15(17)12-6-2-5-11(9-12)10-3-1-4-10/h2,5-10H,1,3-4H2. The first-order valence-electron chi connectivity index (χ1n) is 6.14. The Bertz CT molecular complexity index is 584. The highest BCUT2D eigenvalue weighted by Gasteiger charge is 2.20. The van der Waals surface area contributed by atoms with Gasteiger partial charge < -0.3 is 0 Å². The summed E-state index contributed by atoms with van der Waals surface area (Å²) in [6.45, 7) is 0. The third-order valence-corrected chi connectivity index (χ3v) is 5.14. The predicted molar refractivity (Wildman–Crippen MR) is 78.5 cm³/mol. The minimum absolute atomic E-state index is 0.131. The zero-order chi connectivity index (χ0) is 12.5. The summed E-state index contributed by atoms with van der Waals surface area (Å²) in [4.78, 5) is 13.1. The molecule has 0 radical (unpaired) electrons. The average molecular weight is 321 g/mol. The maximum absolute atomic E-state index is 12.3. The predicted octanol–water partition coefficient (Wildman–Crippen LogP) is 5.01. The molecule has 3 rings (SSSR count). The summed E-state index contributed by atoms with van der Waals surface area (Å²) in [7, 11) is 0. The Labute approximate surface area is 119 Å². The summed E-state index contributed by atoms with van der Waals surface area (Å²) in [6.07, 6.45) is 3.85. The molecule has 1 aliphatic rings. The number of ketones is 1. The summed E-state index contributed by atoms with van der Waals surface area (Å²) >= 11 is 4.89. The fourth-order valence-electron chi connectivity index (χ4n) is 2.25. The van der Waals surface area contributed by atoms with Gasteiger partial charge in [-0.1, -0.05) is 24.6 Å². The number of thiophene rings is 1. The molecule has 0 atom stereocenters. The number of hydrogen-bond acceptors (Lipinski definition) is 2. The van der Waals surface area contributed by atoms with E-state index in [4.69, 9.17) is 0 Å². The topological polar surface area (TPSA) is 17.1 Å². The highest BCUT2D eigenvalue weighted by Crippen LogP contribution is 2.36. The SMILES string of the molecule is O=C(c1cccc(C2CCC2)c1)c1ccc(Br)s1. The third-order valence-electron chi connectivity index (χ3n) is 3.52. The number of hydrogen-bond donors (Lipinski definition) is 0. The van der Waals surface area contributed by atoms with Crippen molar-refractivity contribution in [1.82, 2.24) is 0 Å². The fourth-order valence-corrected chi connectivity index (χ4v) is 3.60. The van der Waals surface area contributed by atoms with Gasteiger partial charge in [-0.2, -0.15) is 0 Å². The van der Waals surface area contributed by atoms with Crippen LogP contribution in [-0.2, 0) is 0 Å². The minimum atomic E-state index is 0.131. The van der Waals surface area contributed by atoms with E-state index < -0.39 is 0 Å². The highest BCUT2D eigenvalue weighted by molar-refractivity contribution is 9.11. The van der Waals surface area contributed by atoms with E-state index in [0.717, 1.165) is 14.2 Å². The summed E-state index contributed by atoms with van der Waals surface area (Å²) in [6, 6.07) is 11.9. The van der Waals surface area contributed by atoms with E-state index in [1.54, 1.807) is 0 Å². The van der Waals surface area contributed by atoms with Crippen LogP contribution >= 0.6 is 27.3 Å². The first-order valence-corrected chi connectivity index (χ1v) is 7.75. The Morgan fingerprint density at radius 1 is 1.22 bits per heavy atom. The van der Waals surface area contributed by atoms with Crippen LogP contribution in [0.15, 0.2) is 40.2 Å². The Morgan fingerprint density at radius 3 is 2.67 bits per heavy atom. The number of carbonyl (C=O) groups is 1. The molecule has 92 valence electrons. The van der Waals surface area contributed by atoms with E-state index >= 15 is 0 Å². The average Bonchev–Trinajstić information content (AvgIpc) is 2.73. The largest absolute Gasteiger partial charge is 0.288 e. The summed E-state index contributed by atoms with van der Waals surface area (Å²) in [5.74, 6) is 0.805. The minimum Gasteiger partial charge on any atom is -0.288 e. The molecular formula is C15H13BrOS. The first-order chi connectivity index (χ1) is 8.74. The molecule has 0 unspecified atom stereocenters. The highest BCUT2D eigenvalue weighted by atomic mass is 79.9. The lowest BCUT2D eigenvalue weighted by atomic mass is 9.79. The normalized spacial score (nSPS) is 15.4. The molecule has 1 saturated carbocycles. The van der Waals surface area contributed by atoms with Gasteiger partial charge in [0.15, 0.2) is 0 Å². The fraction of sp³-hybridized carbons (Fsp3) is 0.267. The molecule has 0 amide bonds. The van der Waals surface area contributed by atoms with Crippen LogP contribution in [0, 0.1) is 0 Å². The van der Waals surface area contributed by atoms with Crippen molar-refractivity contribution < 1.29 is 4.79 Å². The van der Waals surface area contributed by atoms with Gasteiger partial charge >= 0.3 is 0 Å². The van der Waals surface area contributed by atoms with Crippen LogP contribution in [-0.4, -0.2) is 5.78 Å². The van der Waals surface area contributed by atoms with Crippen LogP contribution < -0.4 is 0 Å². The van der Waals surface area contributed by atoms with Gasteiger partial charge in [0, 0.05) is 5.56 Å². The van der Waals surface area contributed by atoms with Crippen LogP contribution in [0.2, 0.25) is 0 Å². The van der Waals surface area contributed by atoms with Gasteiger partial charge in [0.25, 0.3) is 0 Å². The van der Waals surface area contributed by atoms with E-state index in [2.05, 4.69) is 28.1 Å². The Hall–Kier alpha value is -0.930. The molecule has 0 bridgehead atoms. The molecule has 0 spiro atoms. The van der Waals surface area contributed by atoms with Crippen LogP contribution in [0.3, 0.4) is 0 Å². The molecule has 1 aliphatic carbocycles. The third kappa shape index (κ3) is 2.29. The lowest BCUT2D eigenvalue weighted by Crippen LogP contribution is -2.09. The quantitative estimate of drug-likeness (QED) is 0.726.